The normalized spacial score (nSPS) is 17.9. The number of hydrogen-bond donors (Lipinski definition) is 1. The first kappa shape index (κ1) is 21.9. The Morgan fingerprint density at radius 2 is 2.00 bits per heavy atom. The first-order valence-electron chi connectivity index (χ1n) is 10.3. The number of anilines is 1. The van der Waals surface area contributed by atoms with Crippen molar-refractivity contribution in [1.29, 1.82) is 0 Å². The van der Waals surface area contributed by atoms with Crippen LogP contribution in [0.15, 0.2) is 0 Å². The Kier molecular flexibility index (Phi) is 7.49. The van der Waals surface area contributed by atoms with E-state index in [2.05, 4.69) is 39.9 Å². The number of amides is 1. The third kappa shape index (κ3) is 6.06. The molecular weight excluding hydrogens is 358 g/mol. The fourth-order valence-corrected chi connectivity index (χ4v) is 5.49. The summed E-state index contributed by atoms with van der Waals surface area (Å²) in [5.74, 6) is 0.655. The molecule has 0 saturated heterocycles. The van der Waals surface area contributed by atoms with Gasteiger partial charge in [-0.2, -0.15) is 0 Å². The maximum absolute atomic E-state index is 12.6. The average molecular weight is 394 g/mol. The van der Waals surface area contributed by atoms with Crippen molar-refractivity contribution < 1.29 is 14.3 Å². The van der Waals surface area contributed by atoms with Crippen LogP contribution in [0.5, 0.6) is 0 Å². The molecule has 1 aliphatic rings. The van der Waals surface area contributed by atoms with Crippen LogP contribution >= 0.6 is 11.3 Å². The lowest BCUT2D eigenvalue weighted by Gasteiger charge is -2.22. The molecule has 1 amide bonds. The second-order valence-electron chi connectivity index (χ2n) is 9.07. The summed E-state index contributed by atoms with van der Waals surface area (Å²) in [5, 5.41) is 3.72. The Balaban J connectivity index is 2.18. The van der Waals surface area contributed by atoms with E-state index >= 15 is 0 Å². The third-order valence-corrected chi connectivity index (χ3v) is 6.34. The van der Waals surface area contributed by atoms with E-state index in [9.17, 15) is 9.59 Å². The summed E-state index contributed by atoms with van der Waals surface area (Å²) in [5.41, 5.74) is 1.90. The van der Waals surface area contributed by atoms with Crippen LogP contribution in [0.4, 0.5) is 5.00 Å². The van der Waals surface area contributed by atoms with Crippen LogP contribution in [-0.2, 0) is 22.4 Å². The summed E-state index contributed by atoms with van der Waals surface area (Å²) in [6.07, 6.45) is 5.61. The second kappa shape index (κ2) is 9.22. The van der Waals surface area contributed by atoms with E-state index in [0.29, 0.717) is 35.4 Å². The van der Waals surface area contributed by atoms with E-state index in [1.54, 1.807) is 11.3 Å². The van der Waals surface area contributed by atoms with Gasteiger partial charge in [-0.1, -0.05) is 41.0 Å². The zero-order chi connectivity index (χ0) is 20.2. The Morgan fingerprint density at radius 1 is 1.30 bits per heavy atom. The van der Waals surface area contributed by atoms with Crippen LogP contribution in [0.3, 0.4) is 0 Å². The number of carbonyl (C=O) groups is 2. The molecule has 1 aromatic rings. The smallest absolute Gasteiger partial charge is 0.341 e. The highest BCUT2D eigenvalue weighted by molar-refractivity contribution is 7.17. The molecule has 0 spiro atoms. The van der Waals surface area contributed by atoms with Gasteiger partial charge in [0.15, 0.2) is 0 Å². The molecule has 2 rings (SSSR count). The number of ether oxygens (including phenoxy) is 1. The van der Waals surface area contributed by atoms with Gasteiger partial charge in [0, 0.05) is 11.3 Å². The minimum atomic E-state index is -0.303. The van der Waals surface area contributed by atoms with Gasteiger partial charge >= 0.3 is 5.97 Å². The lowest BCUT2D eigenvalue weighted by molar-refractivity contribution is -0.117. The van der Waals surface area contributed by atoms with Crippen molar-refractivity contribution in [2.75, 3.05) is 11.9 Å². The van der Waals surface area contributed by atoms with Crippen molar-refractivity contribution in [3.63, 3.8) is 0 Å². The number of carbonyl (C=O) groups excluding carboxylic acids is 2. The zero-order valence-corrected chi connectivity index (χ0v) is 18.6. The van der Waals surface area contributed by atoms with Crippen molar-refractivity contribution in [3.8, 4) is 0 Å². The highest BCUT2D eigenvalue weighted by Crippen LogP contribution is 2.41. The molecule has 0 bridgehead atoms. The second-order valence-corrected chi connectivity index (χ2v) is 10.2. The van der Waals surface area contributed by atoms with Crippen molar-refractivity contribution in [1.82, 2.24) is 0 Å². The maximum atomic E-state index is 12.6. The molecule has 152 valence electrons. The van der Waals surface area contributed by atoms with Crippen molar-refractivity contribution in [2.45, 2.75) is 80.1 Å². The molecule has 5 heteroatoms. The largest absolute Gasteiger partial charge is 0.462 e. The van der Waals surface area contributed by atoms with Crippen LogP contribution in [0, 0.1) is 17.3 Å². The van der Waals surface area contributed by atoms with E-state index in [-0.39, 0.29) is 17.3 Å². The Hall–Kier alpha value is -1.36. The Bertz CT molecular complexity index is 672. The van der Waals surface area contributed by atoms with Crippen LogP contribution in [0.25, 0.3) is 0 Å². The molecule has 0 fully saturated rings. The molecule has 1 heterocycles. The van der Waals surface area contributed by atoms with Gasteiger partial charge in [-0.3, -0.25) is 4.79 Å². The number of fused-ring (bicyclic) bond motifs is 1. The topological polar surface area (TPSA) is 55.4 Å². The average Bonchev–Trinajstić information content (AvgIpc) is 2.89. The van der Waals surface area contributed by atoms with Gasteiger partial charge in [-0.05, 0) is 55.4 Å². The number of rotatable bonds is 7. The van der Waals surface area contributed by atoms with Gasteiger partial charge in [-0.15, -0.1) is 11.3 Å². The molecule has 1 aliphatic carbocycles. The summed E-state index contributed by atoms with van der Waals surface area (Å²) >= 11 is 1.57. The fraction of sp³-hybridized carbons (Fsp3) is 0.727. The zero-order valence-electron chi connectivity index (χ0n) is 17.7. The van der Waals surface area contributed by atoms with Crippen molar-refractivity contribution in [2.24, 2.45) is 17.3 Å². The van der Waals surface area contributed by atoms with Gasteiger partial charge in [-0.25, -0.2) is 4.79 Å². The van der Waals surface area contributed by atoms with Crippen LogP contribution in [-0.4, -0.2) is 18.5 Å². The van der Waals surface area contributed by atoms with Gasteiger partial charge in [0.2, 0.25) is 5.91 Å². The number of nitrogens with one attached hydrogen (secondary N) is 1. The van der Waals surface area contributed by atoms with E-state index in [1.165, 1.54) is 4.88 Å². The van der Waals surface area contributed by atoms with Crippen molar-refractivity contribution in [3.05, 3.63) is 16.0 Å². The standard InChI is InChI=1S/C22H35NO3S/c1-7-15-9-10-16-17(12-15)27-20(19(16)21(25)26-8-2)23-18(24)11-14(3)13-22(4,5)6/h14-15H,7-13H2,1-6H3,(H,23,24). The van der Waals surface area contributed by atoms with Crippen LogP contribution < -0.4 is 5.32 Å². The lowest BCUT2D eigenvalue weighted by atomic mass is 9.84. The number of hydrogen-bond acceptors (Lipinski definition) is 4. The van der Waals surface area contributed by atoms with Gasteiger partial charge in [0.1, 0.15) is 5.00 Å². The SMILES string of the molecule is CCOC(=O)c1c(NC(=O)CC(C)CC(C)(C)C)sc2c1CCC(CC)C2. The Morgan fingerprint density at radius 3 is 2.59 bits per heavy atom. The van der Waals surface area contributed by atoms with Crippen LogP contribution in [0.2, 0.25) is 0 Å². The number of thiophene rings is 1. The maximum Gasteiger partial charge on any atom is 0.341 e. The summed E-state index contributed by atoms with van der Waals surface area (Å²) in [6.45, 7) is 13.1. The van der Waals surface area contributed by atoms with Gasteiger partial charge in [0.05, 0.1) is 12.2 Å². The number of esters is 1. The van der Waals surface area contributed by atoms with Gasteiger partial charge in [0.25, 0.3) is 0 Å². The third-order valence-electron chi connectivity index (χ3n) is 5.17. The molecule has 0 aliphatic heterocycles. The first-order chi connectivity index (χ1) is 12.6. The molecule has 0 saturated carbocycles. The summed E-state index contributed by atoms with van der Waals surface area (Å²) in [7, 11) is 0. The Labute approximate surface area is 168 Å². The highest BCUT2D eigenvalue weighted by atomic mass is 32.1. The molecule has 1 aromatic heterocycles. The summed E-state index contributed by atoms with van der Waals surface area (Å²) in [6, 6.07) is 0. The van der Waals surface area contributed by atoms with Crippen molar-refractivity contribution >= 4 is 28.2 Å². The van der Waals surface area contributed by atoms with E-state index in [4.69, 9.17) is 4.74 Å². The highest BCUT2D eigenvalue weighted by Gasteiger charge is 2.30. The monoisotopic (exact) mass is 393 g/mol. The molecular formula is C22H35NO3S. The molecule has 4 nitrogen and oxygen atoms in total. The van der Waals surface area contributed by atoms with E-state index < -0.39 is 0 Å². The summed E-state index contributed by atoms with van der Waals surface area (Å²) < 4.78 is 5.29. The minimum absolute atomic E-state index is 0.0112. The molecule has 1 N–H and O–H groups in total. The summed E-state index contributed by atoms with van der Waals surface area (Å²) in [4.78, 5) is 26.4. The first-order valence-corrected chi connectivity index (χ1v) is 11.1. The van der Waals surface area contributed by atoms with E-state index in [0.717, 1.165) is 37.7 Å². The molecule has 0 aromatic carbocycles. The van der Waals surface area contributed by atoms with Crippen LogP contribution in [0.1, 0.15) is 88.0 Å². The molecule has 2 unspecified atom stereocenters. The molecule has 0 radical (unpaired) electrons. The quantitative estimate of drug-likeness (QED) is 0.592. The predicted molar refractivity (Wildman–Crippen MR) is 113 cm³/mol. The lowest BCUT2D eigenvalue weighted by Crippen LogP contribution is -2.20. The molecule has 27 heavy (non-hydrogen) atoms. The minimum Gasteiger partial charge on any atom is -0.462 e. The van der Waals surface area contributed by atoms with Gasteiger partial charge < -0.3 is 10.1 Å². The predicted octanol–water partition coefficient (Wildman–Crippen LogP) is 5.84. The fourth-order valence-electron chi connectivity index (χ4n) is 4.12. The van der Waals surface area contributed by atoms with E-state index in [1.807, 2.05) is 6.92 Å². The molecule has 2 atom stereocenters.